The molecule has 1 unspecified atom stereocenters. The second-order valence-corrected chi connectivity index (χ2v) is 7.20. The van der Waals surface area contributed by atoms with Crippen LogP contribution in [-0.4, -0.2) is 31.1 Å². The molecule has 20 heavy (non-hydrogen) atoms. The molecule has 1 amide bonds. The first-order valence-corrected chi connectivity index (χ1v) is 7.67. The first-order valence-electron chi connectivity index (χ1n) is 5.81. The molecule has 0 bridgehead atoms. The van der Waals surface area contributed by atoms with Crippen molar-refractivity contribution in [3.05, 3.63) is 29.3 Å². The van der Waals surface area contributed by atoms with Gasteiger partial charge in [-0.05, 0) is 38.1 Å². The van der Waals surface area contributed by atoms with Gasteiger partial charge in [-0.3, -0.25) is 4.79 Å². The third-order valence-electron chi connectivity index (χ3n) is 2.47. The van der Waals surface area contributed by atoms with Crippen LogP contribution in [0.1, 0.15) is 20.3 Å². The summed E-state index contributed by atoms with van der Waals surface area (Å²) < 4.78 is 26.4. The van der Waals surface area contributed by atoms with Crippen LogP contribution in [0, 0.1) is 0 Å². The Bertz CT molecular complexity index is 578. The number of nitrogens with one attached hydrogen (secondary N) is 1. The van der Waals surface area contributed by atoms with E-state index in [0.29, 0.717) is 5.02 Å². The smallest absolute Gasteiger partial charge is 0.241 e. The van der Waals surface area contributed by atoms with Crippen LogP contribution in [-0.2, 0) is 14.8 Å². The zero-order chi connectivity index (χ0) is 15.6. The first-order chi connectivity index (χ1) is 9.01. The molecule has 0 aliphatic carbocycles. The Balaban J connectivity index is 2.97. The van der Waals surface area contributed by atoms with Gasteiger partial charge in [0.25, 0.3) is 0 Å². The quantitative estimate of drug-likeness (QED) is 0.714. The second-order valence-electron chi connectivity index (χ2n) is 5.05. The molecule has 112 valence electrons. The molecular formula is C12H17ClN2O4S. The van der Waals surface area contributed by atoms with Crippen LogP contribution in [0.15, 0.2) is 29.2 Å². The number of nitrogens with two attached hydrogens (primary N) is 1. The summed E-state index contributed by atoms with van der Waals surface area (Å²) >= 11 is 5.68. The van der Waals surface area contributed by atoms with Crippen LogP contribution in [0.2, 0.25) is 5.02 Å². The Labute approximate surface area is 123 Å². The summed E-state index contributed by atoms with van der Waals surface area (Å²) in [5, 5.41) is 10.1. The summed E-state index contributed by atoms with van der Waals surface area (Å²) in [6.45, 7) is 2.92. The largest absolute Gasteiger partial charge is 0.390 e. The maximum atomic E-state index is 12.1. The molecule has 1 rings (SSSR count). The van der Waals surface area contributed by atoms with Crippen molar-refractivity contribution in [1.29, 1.82) is 0 Å². The molecule has 4 N–H and O–H groups in total. The number of sulfonamides is 1. The Hall–Kier alpha value is -1.15. The van der Waals surface area contributed by atoms with Crippen LogP contribution >= 0.6 is 11.6 Å². The standard InChI is InChI=1S/C12H17ClN2O4S/c1-12(2,17)7-10(11(14)16)15-20(18,19)9-5-3-8(13)4-6-9/h3-6,10,15,17H,7H2,1-2H3,(H2,14,16). The van der Waals surface area contributed by atoms with E-state index in [4.69, 9.17) is 17.3 Å². The van der Waals surface area contributed by atoms with E-state index >= 15 is 0 Å². The van der Waals surface area contributed by atoms with Crippen LogP contribution in [0.5, 0.6) is 0 Å². The topological polar surface area (TPSA) is 109 Å². The highest BCUT2D eigenvalue weighted by molar-refractivity contribution is 7.89. The van der Waals surface area contributed by atoms with E-state index in [1.54, 1.807) is 0 Å². The van der Waals surface area contributed by atoms with Gasteiger partial charge in [-0.15, -0.1) is 0 Å². The Morgan fingerprint density at radius 3 is 2.30 bits per heavy atom. The van der Waals surface area contributed by atoms with Gasteiger partial charge < -0.3 is 10.8 Å². The van der Waals surface area contributed by atoms with Gasteiger partial charge in [0.05, 0.1) is 10.5 Å². The minimum Gasteiger partial charge on any atom is -0.390 e. The van der Waals surface area contributed by atoms with Crippen molar-refractivity contribution in [3.63, 3.8) is 0 Å². The SMILES string of the molecule is CC(C)(O)CC(NS(=O)(=O)c1ccc(Cl)cc1)C(N)=O. The fraction of sp³-hybridized carbons (Fsp3) is 0.417. The first kappa shape index (κ1) is 16.9. The number of hydrogen-bond donors (Lipinski definition) is 3. The highest BCUT2D eigenvalue weighted by Crippen LogP contribution is 2.16. The average molecular weight is 321 g/mol. The van der Waals surface area contributed by atoms with E-state index < -0.39 is 27.6 Å². The number of amides is 1. The Morgan fingerprint density at radius 2 is 1.90 bits per heavy atom. The maximum absolute atomic E-state index is 12.1. The van der Waals surface area contributed by atoms with Gasteiger partial charge in [-0.2, -0.15) is 4.72 Å². The molecule has 0 aromatic heterocycles. The van der Waals surface area contributed by atoms with Gasteiger partial charge in [0.1, 0.15) is 6.04 Å². The lowest BCUT2D eigenvalue weighted by molar-refractivity contribution is -0.121. The summed E-state index contributed by atoms with van der Waals surface area (Å²) in [7, 11) is -3.91. The number of carbonyl (C=O) groups excluding carboxylic acids is 1. The van der Waals surface area contributed by atoms with Crippen molar-refractivity contribution in [1.82, 2.24) is 4.72 Å². The fourth-order valence-corrected chi connectivity index (χ4v) is 2.90. The second kappa shape index (κ2) is 6.09. The summed E-state index contributed by atoms with van der Waals surface area (Å²) in [5.74, 6) is -0.857. The number of primary amides is 1. The van der Waals surface area contributed by atoms with E-state index in [1.807, 2.05) is 0 Å². The number of hydrogen-bond acceptors (Lipinski definition) is 4. The molecule has 0 spiro atoms. The van der Waals surface area contributed by atoms with Gasteiger partial charge in [-0.1, -0.05) is 11.6 Å². The van der Waals surface area contributed by atoms with Crippen LogP contribution in [0.25, 0.3) is 0 Å². The van der Waals surface area contributed by atoms with Gasteiger partial charge in [0.2, 0.25) is 15.9 Å². The van der Waals surface area contributed by atoms with Crippen LogP contribution < -0.4 is 10.5 Å². The molecule has 8 heteroatoms. The lowest BCUT2D eigenvalue weighted by Crippen LogP contribution is -2.47. The Kier molecular flexibility index (Phi) is 5.15. The van der Waals surface area contributed by atoms with E-state index in [-0.39, 0.29) is 11.3 Å². The molecule has 1 atom stereocenters. The van der Waals surface area contributed by atoms with Gasteiger partial charge in [-0.25, -0.2) is 8.42 Å². The van der Waals surface area contributed by atoms with Crippen molar-refractivity contribution in [2.75, 3.05) is 0 Å². The fourth-order valence-electron chi connectivity index (χ4n) is 1.57. The molecule has 0 heterocycles. The van der Waals surface area contributed by atoms with Crippen molar-refractivity contribution in [2.24, 2.45) is 5.73 Å². The van der Waals surface area contributed by atoms with Gasteiger partial charge in [0.15, 0.2) is 0 Å². The lowest BCUT2D eigenvalue weighted by atomic mass is 10.00. The molecule has 0 saturated carbocycles. The molecule has 6 nitrogen and oxygen atoms in total. The predicted molar refractivity (Wildman–Crippen MR) is 75.7 cm³/mol. The minimum absolute atomic E-state index is 0.0381. The van der Waals surface area contributed by atoms with Crippen LogP contribution in [0.3, 0.4) is 0 Å². The van der Waals surface area contributed by atoms with Crippen molar-refractivity contribution >= 4 is 27.5 Å². The summed E-state index contributed by atoms with van der Waals surface area (Å²) in [6.07, 6.45) is -0.130. The molecule has 1 aromatic carbocycles. The minimum atomic E-state index is -3.91. The van der Waals surface area contributed by atoms with Crippen molar-refractivity contribution in [3.8, 4) is 0 Å². The van der Waals surface area contributed by atoms with E-state index in [0.717, 1.165) is 0 Å². The number of aliphatic hydroxyl groups is 1. The number of benzene rings is 1. The Morgan fingerprint density at radius 1 is 1.40 bits per heavy atom. The van der Waals surface area contributed by atoms with Crippen LogP contribution in [0.4, 0.5) is 0 Å². The van der Waals surface area contributed by atoms with Gasteiger partial charge >= 0.3 is 0 Å². The molecule has 0 fully saturated rings. The van der Waals surface area contributed by atoms with Crippen molar-refractivity contribution < 1.29 is 18.3 Å². The monoisotopic (exact) mass is 320 g/mol. The predicted octanol–water partition coefficient (Wildman–Crippen LogP) is 0.633. The highest BCUT2D eigenvalue weighted by atomic mass is 35.5. The zero-order valence-corrected chi connectivity index (χ0v) is 12.7. The highest BCUT2D eigenvalue weighted by Gasteiger charge is 2.29. The molecule has 1 aromatic rings. The zero-order valence-electron chi connectivity index (χ0n) is 11.1. The number of carbonyl (C=O) groups is 1. The summed E-state index contributed by atoms with van der Waals surface area (Å²) in [4.78, 5) is 11.3. The van der Waals surface area contributed by atoms with Gasteiger partial charge in [0, 0.05) is 11.4 Å². The van der Waals surface area contributed by atoms with E-state index in [1.165, 1.54) is 38.1 Å². The third-order valence-corrected chi connectivity index (χ3v) is 4.21. The average Bonchev–Trinajstić information content (AvgIpc) is 2.26. The molecule has 0 aliphatic heterocycles. The molecular weight excluding hydrogens is 304 g/mol. The van der Waals surface area contributed by atoms with E-state index in [2.05, 4.69) is 4.72 Å². The number of rotatable bonds is 6. The maximum Gasteiger partial charge on any atom is 0.241 e. The summed E-state index contributed by atoms with van der Waals surface area (Å²) in [5.41, 5.74) is 3.92. The molecule has 0 saturated heterocycles. The molecule has 0 radical (unpaired) electrons. The lowest BCUT2D eigenvalue weighted by Gasteiger charge is -2.23. The molecule has 0 aliphatic rings. The number of halogens is 1. The summed E-state index contributed by atoms with van der Waals surface area (Å²) in [6, 6.07) is 4.27. The van der Waals surface area contributed by atoms with E-state index in [9.17, 15) is 18.3 Å². The van der Waals surface area contributed by atoms with Crippen molar-refractivity contribution in [2.45, 2.75) is 36.8 Å². The third kappa shape index (κ3) is 5.09. The normalized spacial score (nSPS) is 14.0.